The largest absolute Gasteiger partial charge is 0.422 e. The number of nitrogens with zero attached hydrogens (tertiary/aromatic N) is 10. The van der Waals surface area contributed by atoms with Gasteiger partial charge in [0.15, 0.2) is 0 Å². The summed E-state index contributed by atoms with van der Waals surface area (Å²) in [5.74, 6) is -13.3. The molecule has 3 heterocycles. The Morgan fingerprint density at radius 2 is 1.29 bits per heavy atom. The molecule has 104 heavy (non-hydrogen) atoms. The number of aryl methyl sites for hydroxylation is 2. The summed E-state index contributed by atoms with van der Waals surface area (Å²) in [5.41, 5.74) is -3.08. The average Bonchev–Trinajstić information content (AvgIpc) is 1.49. The molecule has 29 heteroatoms. The van der Waals surface area contributed by atoms with E-state index < -0.39 is 198 Å². The second-order valence-corrected chi connectivity index (χ2v) is 30.2. The summed E-state index contributed by atoms with van der Waals surface area (Å²) in [5, 5.41) is 5.56. The lowest BCUT2D eigenvalue weighted by Crippen LogP contribution is -2.68. The van der Waals surface area contributed by atoms with Gasteiger partial charge in [0.05, 0.1) is 19.5 Å². The Morgan fingerprint density at radius 3 is 1.86 bits per heavy atom. The normalized spacial score (nSPS) is 26.7. The Morgan fingerprint density at radius 1 is 0.663 bits per heavy atom. The highest BCUT2D eigenvalue weighted by molar-refractivity contribution is 6.01. The van der Waals surface area contributed by atoms with Crippen molar-refractivity contribution in [2.45, 2.75) is 210 Å². The predicted molar refractivity (Wildman–Crippen MR) is 375 cm³/mol. The van der Waals surface area contributed by atoms with Crippen LogP contribution >= 0.6 is 0 Å². The quantitative estimate of drug-likeness (QED) is 0.209. The first kappa shape index (κ1) is 81.1. The minimum atomic E-state index is -5.40. The van der Waals surface area contributed by atoms with Gasteiger partial charge in [-0.15, -0.1) is 0 Å². The van der Waals surface area contributed by atoms with E-state index in [4.69, 9.17) is 0 Å². The Balaban J connectivity index is 1.21. The number of rotatable bonds is 11. The molecule has 2 saturated heterocycles. The summed E-state index contributed by atoms with van der Waals surface area (Å²) in [7, 11) is 12.7. The van der Waals surface area contributed by atoms with Gasteiger partial charge < -0.3 is 59.6 Å². The number of amides is 12. The zero-order chi connectivity index (χ0) is 76.8. The molecule has 2 aromatic carbocycles. The molecule has 8 rings (SSSR count). The minimum Gasteiger partial charge on any atom is -0.347 e. The van der Waals surface area contributed by atoms with Crippen LogP contribution in [0.1, 0.15) is 152 Å². The fourth-order valence-corrected chi connectivity index (χ4v) is 15.6. The zero-order valence-corrected chi connectivity index (χ0v) is 62.4. The molecule has 2 spiro atoms. The number of benzene rings is 2. The van der Waals surface area contributed by atoms with Crippen molar-refractivity contribution in [2.24, 2.45) is 17.3 Å². The second kappa shape index (κ2) is 33.7. The van der Waals surface area contributed by atoms with E-state index in [1.165, 1.54) is 97.7 Å². The lowest BCUT2D eigenvalue weighted by molar-refractivity contribution is -0.166. The van der Waals surface area contributed by atoms with Crippen molar-refractivity contribution >= 4 is 70.9 Å². The zero-order valence-electron chi connectivity index (χ0n) is 62.4. The molecule has 9 atom stereocenters. The maximum atomic E-state index is 15.7. The van der Waals surface area contributed by atoms with E-state index in [9.17, 15) is 41.9 Å². The summed E-state index contributed by atoms with van der Waals surface area (Å²) in [6.07, 6.45) is 2.02. The Hall–Kier alpha value is -8.53. The maximum Gasteiger partial charge on any atom is 0.422 e. The summed E-state index contributed by atoms with van der Waals surface area (Å²) < 4.78 is 72.0. The third kappa shape index (κ3) is 17.9. The highest BCUT2D eigenvalue weighted by Crippen LogP contribution is 2.56. The molecule has 572 valence electrons. The van der Waals surface area contributed by atoms with Gasteiger partial charge in [-0.25, -0.2) is 8.78 Å². The first-order chi connectivity index (χ1) is 48.9. The van der Waals surface area contributed by atoms with E-state index >= 15 is 37.5 Å². The fraction of sp³-hybridized carbons (Fsp3) is 0.653. The van der Waals surface area contributed by atoms with E-state index in [0.717, 1.165) is 20.3 Å². The third-order valence-electron chi connectivity index (χ3n) is 22.8. The number of halogens is 5. The van der Waals surface area contributed by atoms with Crippen LogP contribution in [0.2, 0.25) is 0 Å². The van der Waals surface area contributed by atoms with E-state index in [2.05, 4.69) is 10.6 Å². The van der Waals surface area contributed by atoms with Crippen molar-refractivity contribution in [3.8, 4) is 0 Å². The monoisotopic (exact) mass is 1460 g/mol. The molecule has 24 nitrogen and oxygen atoms in total. The number of likely N-dealkylation sites (N-methyl/N-ethyl adjacent to an activating group) is 8. The third-order valence-corrected chi connectivity index (χ3v) is 22.8. The van der Waals surface area contributed by atoms with E-state index in [-0.39, 0.29) is 63.6 Å². The van der Waals surface area contributed by atoms with Gasteiger partial charge >= 0.3 is 6.18 Å². The van der Waals surface area contributed by atoms with E-state index in [1.54, 1.807) is 38.1 Å². The fourth-order valence-electron chi connectivity index (χ4n) is 15.6. The molecule has 2 aromatic rings. The van der Waals surface area contributed by atoms with Gasteiger partial charge in [0, 0.05) is 82.9 Å². The SMILES string of the molecule is CCC[C@H]1C(=O)N[C@@H]([C@@H](C)CC)C(=O)N(C)CC(=O)N(C)[C@H]2C/C=C\CCN(C2=O)[C@@H](Cc2ccc(C)cc2)C(=O)N(C)CC(=O)NC(CCc2cc(F)c(C(F)(F)F)c(F)c2)C(=O)N2CC3(CC3)C[C@H]2C(=O)N(C)C2(CCC2)C(=O)N(C)[C@@H](C2CCCC2)C(=O)N(C)[C@H](C(=O)N(C)C)CC(=O)N1C. The second-order valence-electron chi connectivity index (χ2n) is 30.2. The van der Waals surface area contributed by atoms with Crippen LogP contribution in [0.4, 0.5) is 22.0 Å². The molecule has 5 fully saturated rings. The maximum absolute atomic E-state index is 15.7. The molecule has 2 N–H and O–H groups in total. The van der Waals surface area contributed by atoms with Crippen LogP contribution in [0.3, 0.4) is 0 Å². The lowest BCUT2D eigenvalue weighted by Gasteiger charge is -2.51. The molecule has 6 aliphatic rings. The first-order valence-electron chi connectivity index (χ1n) is 36.4. The van der Waals surface area contributed by atoms with Gasteiger partial charge in [-0.1, -0.05) is 88.4 Å². The van der Waals surface area contributed by atoms with Gasteiger partial charge in [0.1, 0.15) is 71.1 Å². The van der Waals surface area contributed by atoms with Crippen LogP contribution < -0.4 is 10.6 Å². The lowest BCUT2D eigenvalue weighted by atomic mass is 9.73. The van der Waals surface area contributed by atoms with Gasteiger partial charge in [-0.3, -0.25) is 57.5 Å². The van der Waals surface area contributed by atoms with Crippen LogP contribution in [0.15, 0.2) is 48.6 Å². The molecule has 3 aliphatic carbocycles. The summed E-state index contributed by atoms with van der Waals surface area (Å²) in [6.45, 7) is 5.80. The smallest absolute Gasteiger partial charge is 0.347 e. The molecule has 2 bridgehead atoms. The van der Waals surface area contributed by atoms with Crippen LogP contribution in [0.5, 0.6) is 0 Å². The molecule has 3 saturated carbocycles. The highest BCUT2D eigenvalue weighted by Gasteiger charge is 2.60. The van der Waals surface area contributed by atoms with E-state index in [1.807, 2.05) is 26.0 Å². The highest BCUT2D eigenvalue weighted by atomic mass is 19.4. The van der Waals surface area contributed by atoms with E-state index in [0.29, 0.717) is 75.5 Å². The number of alkyl halides is 3. The van der Waals surface area contributed by atoms with Crippen LogP contribution in [0.25, 0.3) is 0 Å². The summed E-state index contributed by atoms with van der Waals surface area (Å²) >= 11 is 0. The van der Waals surface area contributed by atoms with Gasteiger partial charge in [-0.2, -0.15) is 13.2 Å². The molecule has 1 unspecified atom stereocenters. The van der Waals surface area contributed by atoms with Crippen molar-refractivity contribution in [1.29, 1.82) is 0 Å². The molecule has 0 aromatic heterocycles. The minimum absolute atomic E-state index is 0.0115. The van der Waals surface area contributed by atoms with Crippen LogP contribution in [-0.4, -0.2) is 263 Å². The number of hydrogen-bond acceptors (Lipinski definition) is 12. The summed E-state index contributed by atoms with van der Waals surface area (Å²) in [6, 6.07) is -2.52. The molecular weight excluding hydrogens is 1360 g/mol. The number of carbonyl (C=O) groups is 12. The van der Waals surface area contributed by atoms with Gasteiger partial charge in [0.2, 0.25) is 70.9 Å². The Kier molecular flexibility index (Phi) is 26.3. The summed E-state index contributed by atoms with van der Waals surface area (Å²) in [4.78, 5) is 193. The standard InChI is InChI=1S/C75H105F5N12O12/c1-14-22-53-64(96)82-62(46(4)15-2)70(102)85(8)43-60(95)87(10)54-25-17-16-20-36-91(69(54)101)56(39-47-28-26-45(3)27-29-47)67(99)84(7)42-58(93)81-52(31-30-48-37-50(76)61(51(77)38-48)75(78,79)80)65(97)92-44-73(34-35-73)41-57(92)68(100)90(13)74(32-21-33-74)72(104)89(12)63(49-23-18-19-24-49)71(103)88(11)55(66(98)83(5)6)40-59(94)86(53)9/h16-17,26-29,37-38,46,49,52-57,62-63H,14-15,18-25,30-36,39-44H2,1-13H3,(H,81,93)(H,82,96)/b17-16-/t46-,52?,53-,54-,55-,56-,57-,62-,63-/m0/s1. The number of nitrogens with one attached hydrogen (secondary N) is 2. The van der Waals surface area contributed by atoms with Gasteiger partial charge in [-0.05, 0) is 131 Å². The average molecular weight is 1460 g/mol. The number of hydrogen-bond donors (Lipinski definition) is 2. The van der Waals surface area contributed by atoms with Crippen molar-refractivity contribution < 1.29 is 79.5 Å². The first-order valence-corrected chi connectivity index (χ1v) is 36.4. The van der Waals surface area contributed by atoms with Crippen molar-refractivity contribution in [3.63, 3.8) is 0 Å². The molecule has 12 amide bonds. The van der Waals surface area contributed by atoms with Crippen molar-refractivity contribution in [1.82, 2.24) is 59.6 Å². The number of carbonyl (C=O) groups excluding carboxylic acids is 12. The predicted octanol–water partition coefficient (Wildman–Crippen LogP) is 5.50. The molecular formula is C75H105F5N12O12. The van der Waals surface area contributed by atoms with Crippen molar-refractivity contribution in [2.75, 3.05) is 89.6 Å². The van der Waals surface area contributed by atoms with Crippen LogP contribution in [-0.2, 0) is 76.6 Å². The van der Waals surface area contributed by atoms with Crippen LogP contribution in [0, 0.1) is 35.8 Å². The number of fused-ring (bicyclic) bond motifs is 3. The van der Waals surface area contributed by atoms with Gasteiger partial charge in [0.25, 0.3) is 0 Å². The topological polar surface area (TPSA) is 261 Å². The van der Waals surface area contributed by atoms with Crippen molar-refractivity contribution in [3.05, 3.63) is 82.4 Å². The molecule has 3 aliphatic heterocycles. The molecule has 0 radical (unpaired) electrons. The Labute approximate surface area is 606 Å². The Bertz CT molecular complexity index is 3570.